The van der Waals surface area contributed by atoms with Crippen molar-refractivity contribution in [3.05, 3.63) is 47.5 Å². The molecule has 4 nitrogen and oxygen atoms in total. The number of benzene rings is 1. The van der Waals surface area contributed by atoms with Gasteiger partial charge in [0.25, 0.3) is 0 Å². The highest BCUT2D eigenvalue weighted by Gasteiger charge is 2.16. The number of Topliss-reactive ketones (excluding diaryl/α,β-unsaturated/α-hetero) is 1. The lowest BCUT2D eigenvalue weighted by molar-refractivity contribution is -0.137. The molecular formula is C13H12O4. The Morgan fingerprint density at radius 3 is 2.18 bits per heavy atom. The van der Waals surface area contributed by atoms with E-state index in [0.29, 0.717) is 5.56 Å². The van der Waals surface area contributed by atoms with Gasteiger partial charge in [0.05, 0.1) is 7.11 Å². The van der Waals surface area contributed by atoms with Crippen LogP contribution >= 0.6 is 0 Å². The van der Waals surface area contributed by atoms with Crippen LogP contribution in [0.15, 0.2) is 42.0 Å². The van der Waals surface area contributed by atoms with E-state index < -0.39 is 17.5 Å². The molecule has 0 atom stereocenters. The Morgan fingerprint density at radius 2 is 1.71 bits per heavy atom. The van der Waals surface area contributed by atoms with Crippen molar-refractivity contribution in [1.82, 2.24) is 0 Å². The van der Waals surface area contributed by atoms with Crippen LogP contribution in [0.4, 0.5) is 0 Å². The predicted molar refractivity (Wildman–Crippen MR) is 61.6 cm³/mol. The second-order valence-corrected chi connectivity index (χ2v) is 3.34. The van der Waals surface area contributed by atoms with Gasteiger partial charge in [0.15, 0.2) is 11.6 Å². The van der Waals surface area contributed by atoms with Crippen molar-refractivity contribution < 1.29 is 19.1 Å². The van der Waals surface area contributed by atoms with Gasteiger partial charge in [0.2, 0.25) is 0 Å². The van der Waals surface area contributed by atoms with Crippen molar-refractivity contribution in [2.45, 2.75) is 6.92 Å². The molecule has 0 fully saturated rings. The summed E-state index contributed by atoms with van der Waals surface area (Å²) in [6.45, 7) is 1.21. The number of hydrogen-bond donors (Lipinski definition) is 0. The molecule has 0 aliphatic heterocycles. The summed E-state index contributed by atoms with van der Waals surface area (Å²) < 4.78 is 4.43. The normalized spacial score (nSPS) is 10.8. The van der Waals surface area contributed by atoms with Crippen LogP contribution in [0.25, 0.3) is 0 Å². The van der Waals surface area contributed by atoms with Gasteiger partial charge in [0.1, 0.15) is 5.57 Å². The summed E-state index contributed by atoms with van der Waals surface area (Å²) in [5.41, 5.74) is 0.163. The minimum atomic E-state index is -0.804. The summed E-state index contributed by atoms with van der Waals surface area (Å²) in [5, 5.41) is 0. The molecule has 0 spiro atoms. The van der Waals surface area contributed by atoms with Gasteiger partial charge in [-0.05, 0) is 6.92 Å². The maximum Gasteiger partial charge on any atom is 0.341 e. The largest absolute Gasteiger partial charge is 0.465 e. The van der Waals surface area contributed by atoms with Gasteiger partial charge in [-0.1, -0.05) is 30.3 Å². The molecule has 1 rings (SSSR count). The molecule has 1 aromatic rings. The van der Waals surface area contributed by atoms with Crippen LogP contribution in [0.5, 0.6) is 0 Å². The number of esters is 1. The van der Waals surface area contributed by atoms with Crippen molar-refractivity contribution in [3.63, 3.8) is 0 Å². The minimum Gasteiger partial charge on any atom is -0.465 e. The highest BCUT2D eigenvalue weighted by molar-refractivity contribution is 6.21. The fourth-order valence-corrected chi connectivity index (χ4v) is 1.23. The molecule has 0 heterocycles. The average molecular weight is 232 g/mol. The summed E-state index contributed by atoms with van der Waals surface area (Å²) >= 11 is 0. The lowest BCUT2D eigenvalue weighted by Crippen LogP contribution is -2.13. The van der Waals surface area contributed by atoms with Crippen LogP contribution in [-0.4, -0.2) is 24.6 Å². The molecule has 1 aromatic carbocycles. The molecule has 88 valence electrons. The number of ether oxygens (including phenoxy) is 1. The summed E-state index contributed by atoms with van der Waals surface area (Å²) in [6, 6.07) is 8.38. The first-order valence-electron chi connectivity index (χ1n) is 4.96. The summed E-state index contributed by atoms with van der Waals surface area (Å²) in [5.74, 6) is -1.70. The maximum absolute atomic E-state index is 11.7. The summed E-state index contributed by atoms with van der Waals surface area (Å²) in [6.07, 6.45) is 1.00. The smallest absolute Gasteiger partial charge is 0.341 e. The minimum absolute atomic E-state index is 0.249. The number of rotatable bonds is 4. The topological polar surface area (TPSA) is 60.4 Å². The van der Waals surface area contributed by atoms with Gasteiger partial charge in [-0.25, -0.2) is 4.79 Å². The standard InChI is InChI=1S/C13H12O4/c1-9(14)11(13(16)17-2)8-12(15)10-6-4-3-5-7-10/h3-8H,1-2H3. The first-order valence-corrected chi connectivity index (χ1v) is 4.96. The fourth-order valence-electron chi connectivity index (χ4n) is 1.23. The van der Waals surface area contributed by atoms with Crippen molar-refractivity contribution in [3.8, 4) is 0 Å². The Morgan fingerprint density at radius 1 is 1.12 bits per heavy atom. The van der Waals surface area contributed by atoms with Crippen LogP contribution in [0.1, 0.15) is 17.3 Å². The zero-order chi connectivity index (χ0) is 12.8. The van der Waals surface area contributed by atoms with Gasteiger partial charge in [-0.15, -0.1) is 0 Å². The van der Waals surface area contributed by atoms with E-state index in [1.165, 1.54) is 6.92 Å². The first-order chi connectivity index (χ1) is 8.06. The lowest BCUT2D eigenvalue weighted by atomic mass is 10.1. The number of carbonyl (C=O) groups is 3. The number of allylic oxidation sites excluding steroid dienone is 1. The van der Waals surface area contributed by atoms with E-state index in [0.717, 1.165) is 13.2 Å². The molecule has 0 aliphatic carbocycles. The Kier molecular flexibility index (Phi) is 4.34. The fraction of sp³-hybridized carbons (Fsp3) is 0.154. The molecule has 0 saturated carbocycles. The van der Waals surface area contributed by atoms with Crippen molar-refractivity contribution in [2.24, 2.45) is 0 Å². The molecule has 0 N–H and O–H groups in total. The highest BCUT2D eigenvalue weighted by atomic mass is 16.5. The van der Waals surface area contributed by atoms with Crippen LogP contribution in [0, 0.1) is 0 Å². The number of methoxy groups -OCH3 is 1. The second-order valence-electron chi connectivity index (χ2n) is 3.34. The Bertz CT molecular complexity index is 471. The van der Waals surface area contributed by atoms with E-state index in [1.54, 1.807) is 30.3 Å². The second kappa shape index (κ2) is 5.75. The van der Waals surface area contributed by atoms with Crippen LogP contribution in [-0.2, 0) is 14.3 Å². The van der Waals surface area contributed by atoms with E-state index in [1.807, 2.05) is 0 Å². The molecular weight excluding hydrogens is 220 g/mol. The van der Waals surface area contributed by atoms with Gasteiger partial charge in [-0.3, -0.25) is 9.59 Å². The molecule has 0 bridgehead atoms. The zero-order valence-electron chi connectivity index (χ0n) is 9.60. The van der Waals surface area contributed by atoms with Crippen LogP contribution in [0.2, 0.25) is 0 Å². The van der Waals surface area contributed by atoms with Gasteiger partial charge in [-0.2, -0.15) is 0 Å². The Labute approximate surface area is 98.9 Å². The van der Waals surface area contributed by atoms with Gasteiger partial charge < -0.3 is 4.74 Å². The SMILES string of the molecule is COC(=O)C(=CC(=O)c1ccccc1)C(C)=O. The van der Waals surface area contributed by atoms with Crippen LogP contribution in [0.3, 0.4) is 0 Å². The van der Waals surface area contributed by atoms with Crippen molar-refractivity contribution in [2.75, 3.05) is 7.11 Å². The van der Waals surface area contributed by atoms with E-state index in [4.69, 9.17) is 0 Å². The van der Waals surface area contributed by atoms with E-state index in [9.17, 15) is 14.4 Å². The van der Waals surface area contributed by atoms with E-state index in [2.05, 4.69) is 4.74 Å². The molecule has 0 radical (unpaired) electrons. The maximum atomic E-state index is 11.7. The predicted octanol–water partition coefficient (Wildman–Crippen LogP) is 1.56. The zero-order valence-corrected chi connectivity index (χ0v) is 9.60. The molecule has 0 amide bonds. The lowest BCUT2D eigenvalue weighted by Gasteiger charge is -2.01. The van der Waals surface area contributed by atoms with Gasteiger partial charge in [0, 0.05) is 11.6 Å². The van der Waals surface area contributed by atoms with Crippen molar-refractivity contribution in [1.29, 1.82) is 0 Å². The molecule has 0 saturated heterocycles. The molecule has 0 aromatic heterocycles. The molecule has 0 aliphatic rings. The number of ketones is 2. The molecule has 4 heteroatoms. The molecule has 17 heavy (non-hydrogen) atoms. The van der Waals surface area contributed by atoms with Crippen molar-refractivity contribution >= 4 is 17.5 Å². The Hall–Kier alpha value is -2.23. The third-order valence-electron chi connectivity index (χ3n) is 2.12. The Balaban J connectivity index is 3.04. The number of carbonyl (C=O) groups excluding carboxylic acids is 3. The molecule has 0 unspecified atom stereocenters. The van der Waals surface area contributed by atoms with E-state index in [-0.39, 0.29) is 5.57 Å². The monoisotopic (exact) mass is 232 g/mol. The third-order valence-corrected chi connectivity index (χ3v) is 2.12. The van der Waals surface area contributed by atoms with Gasteiger partial charge >= 0.3 is 5.97 Å². The summed E-state index contributed by atoms with van der Waals surface area (Å²) in [4.78, 5) is 34.2. The first kappa shape index (κ1) is 12.8. The average Bonchev–Trinajstić information content (AvgIpc) is 2.35. The highest BCUT2D eigenvalue weighted by Crippen LogP contribution is 2.06. The van der Waals surface area contributed by atoms with Crippen LogP contribution < -0.4 is 0 Å². The quantitative estimate of drug-likeness (QED) is 0.260. The summed E-state index contributed by atoms with van der Waals surface area (Å²) in [7, 11) is 1.16. The number of hydrogen-bond acceptors (Lipinski definition) is 4. The third kappa shape index (κ3) is 3.38. The van der Waals surface area contributed by atoms with E-state index >= 15 is 0 Å².